The van der Waals surface area contributed by atoms with Crippen LogP contribution in [0.5, 0.6) is 0 Å². The first-order valence-electron chi connectivity index (χ1n) is 6.48. The molecule has 0 fully saturated rings. The minimum atomic E-state index is -1.01. The van der Waals surface area contributed by atoms with E-state index in [4.69, 9.17) is 5.11 Å². The molecule has 0 aliphatic heterocycles. The SMILES string of the molecule is CCC(C)(C)N(C)C(=O)NCc1cc(C(=O)O)ccn1. The lowest BCUT2D eigenvalue weighted by atomic mass is 10.0. The number of hydrogen-bond donors (Lipinski definition) is 2. The maximum atomic E-state index is 12.0. The molecule has 20 heavy (non-hydrogen) atoms. The predicted octanol–water partition coefficient (Wildman–Crippen LogP) is 2.11. The zero-order valence-electron chi connectivity index (χ0n) is 12.3. The van der Waals surface area contributed by atoms with Crippen molar-refractivity contribution in [1.82, 2.24) is 15.2 Å². The Kier molecular flexibility index (Phi) is 5.07. The number of pyridine rings is 1. The highest BCUT2D eigenvalue weighted by atomic mass is 16.4. The van der Waals surface area contributed by atoms with Gasteiger partial charge in [0.2, 0.25) is 0 Å². The van der Waals surface area contributed by atoms with Crippen molar-refractivity contribution in [3.8, 4) is 0 Å². The van der Waals surface area contributed by atoms with Gasteiger partial charge in [0.25, 0.3) is 0 Å². The number of hydrogen-bond acceptors (Lipinski definition) is 3. The number of carboxylic acid groups (broad SMARTS) is 1. The molecule has 0 aromatic carbocycles. The summed E-state index contributed by atoms with van der Waals surface area (Å²) in [4.78, 5) is 28.5. The topological polar surface area (TPSA) is 82.5 Å². The Morgan fingerprint density at radius 1 is 1.45 bits per heavy atom. The molecule has 1 heterocycles. The summed E-state index contributed by atoms with van der Waals surface area (Å²) in [6.45, 7) is 6.18. The van der Waals surface area contributed by atoms with E-state index in [1.54, 1.807) is 11.9 Å². The lowest BCUT2D eigenvalue weighted by molar-refractivity contribution is 0.0696. The second kappa shape index (κ2) is 6.36. The van der Waals surface area contributed by atoms with E-state index >= 15 is 0 Å². The molecule has 0 aliphatic rings. The second-order valence-corrected chi connectivity index (χ2v) is 5.22. The molecule has 2 N–H and O–H groups in total. The van der Waals surface area contributed by atoms with Crippen LogP contribution < -0.4 is 5.32 Å². The fraction of sp³-hybridized carbons (Fsp3) is 0.500. The van der Waals surface area contributed by atoms with E-state index in [1.165, 1.54) is 18.3 Å². The Morgan fingerprint density at radius 2 is 2.10 bits per heavy atom. The number of aromatic nitrogens is 1. The molecule has 1 rings (SSSR count). The van der Waals surface area contributed by atoms with Crippen LogP contribution in [0.2, 0.25) is 0 Å². The molecule has 0 radical (unpaired) electrons. The number of urea groups is 1. The third-order valence-electron chi connectivity index (χ3n) is 3.56. The predicted molar refractivity (Wildman–Crippen MR) is 75.6 cm³/mol. The van der Waals surface area contributed by atoms with E-state index in [1.807, 2.05) is 20.8 Å². The summed E-state index contributed by atoms with van der Waals surface area (Å²) < 4.78 is 0. The molecule has 0 saturated heterocycles. The number of aromatic carboxylic acids is 1. The van der Waals surface area contributed by atoms with Crippen molar-refractivity contribution in [1.29, 1.82) is 0 Å². The molecule has 1 aromatic heterocycles. The molecule has 0 saturated carbocycles. The van der Waals surface area contributed by atoms with Crippen LogP contribution in [0.3, 0.4) is 0 Å². The minimum Gasteiger partial charge on any atom is -0.478 e. The molecule has 110 valence electrons. The summed E-state index contributed by atoms with van der Waals surface area (Å²) in [5.74, 6) is -1.01. The largest absolute Gasteiger partial charge is 0.478 e. The summed E-state index contributed by atoms with van der Waals surface area (Å²) in [7, 11) is 1.74. The third-order valence-corrected chi connectivity index (χ3v) is 3.56. The van der Waals surface area contributed by atoms with E-state index in [9.17, 15) is 9.59 Å². The molecule has 0 unspecified atom stereocenters. The van der Waals surface area contributed by atoms with Crippen molar-refractivity contribution < 1.29 is 14.7 Å². The van der Waals surface area contributed by atoms with Gasteiger partial charge < -0.3 is 15.3 Å². The third kappa shape index (κ3) is 3.94. The minimum absolute atomic E-state index is 0.159. The standard InChI is InChI=1S/C14H21N3O3/c1-5-14(2,3)17(4)13(20)16-9-11-8-10(12(18)19)6-7-15-11/h6-8H,5,9H2,1-4H3,(H,16,20)(H,18,19). The molecule has 6 nitrogen and oxygen atoms in total. The first-order chi connectivity index (χ1) is 9.27. The van der Waals surface area contributed by atoms with Crippen LogP contribution in [0, 0.1) is 0 Å². The Bertz CT molecular complexity index is 500. The summed E-state index contributed by atoms with van der Waals surface area (Å²) in [5, 5.41) is 11.6. The van der Waals surface area contributed by atoms with Crippen molar-refractivity contribution in [2.24, 2.45) is 0 Å². The maximum Gasteiger partial charge on any atom is 0.335 e. The zero-order chi connectivity index (χ0) is 15.3. The fourth-order valence-corrected chi connectivity index (χ4v) is 1.50. The molecule has 0 spiro atoms. The molecule has 0 bridgehead atoms. The van der Waals surface area contributed by atoms with Crippen molar-refractivity contribution in [2.75, 3.05) is 7.05 Å². The van der Waals surface area contributed by atoms with Gasteiger partial charge in [-0.1, -0.05) is 6.92 Å². The molecular formula is C14H21N3O3. The van der Waals surface area contributed by atoms with Crippen LogP contribution in [0.25, 0.3) is 0 Å². The van der Waals surface area contributed by atoms with Gasteiger partial charge in [0, 0.05) is 18.8 Å². The van der Waals surface area contributed by atoms with Gasteiger partial charge in [0.05, 0.1) is 17.8 Å². The first kappa shape index (κ1) is 15.9. The van der Waals surface area contributed by atoms with Crippen molar-refractivity contribution in [2.45, 2.75) is 39.3 Å². The van der Waals surface area contributed by atoms with E-state index in [0.717, 1.165) is 6.42 Å². The fourth-order valence-electron chi connectivity index (χ4n) is 1.50. The van der Waals surface area contributed by atoms with Crippen LogP contribution in [-0.2, 0) is 6.54 Å². The highest BCUT2D eigenvalue weighted by Crippen LogP contribution is 2.16. The summed E-state index contributed by atoms with van der Waals surface area (Å²) in [6, 6.07) is 2.66. The van der Waals surface area contributed by atoms with Gasteiger partial charge in [0.1, 0.15) is 0 Å². The average Bonchev–Trinajstić information content (AvgIpc) is 2.44. The Morgan fingerprint density at radius 3 is 2.65 bits per heavy atom. The average molecular weight is 279 g/mol. The van der Waals surface area contributed by atoms with Crippen LogP contribution >= 0.6 is 0 Å². The number of nitrogens with zero attached hydrogens (tertiary/aromatic N) is 2. The normalized spacial score (nSPS) is 11.0. The number of carboxylic acids is 1. The molecule has 1 aromatic rings. The summed E-state index contributed by atoms with van der Waals surface area (Å²) in [6.07, 6.45) is 2.26. The number of amides is 2. The highest BCUT2D eigenvalue weighted by molar-refractivity contribution is 5.87. The number of carbonyl (C=O) groups is 2. The van der Waals surface area contributed by atoms with Crippen molar-refractivity contribution >= 4 is 12.0 Å². The van der Waals surface area contributed by atoms with Crippen LogP contribution in [0.15, 0.2) is 18.3 Å². The molecule has 0 aliphatic carbocycles. The molecule has 2 amide bonds. The van der Waals surface area contributed by atoms with E-state index < -0.39 is 5.97 Å². The number of carbonyl (C=O) groups excluding carboxylic acids is 1. The number of nitrogens with one attached hydrogen (secondary N) is 1. The van der Waals surface area contributed by atoms with E-state index in [0.29, 0.717) is 5.69 Å². The van der Waals surface area contributed by atoms with Gasteiger partial charge in [-0.15, -0.1) is 0 Å². The Balaban J connectivity index is 2.66. The van der Waals surface area contributed by atoms with Gasteiger partial charge in [0.15, 0.2) is 0 Å². The van der Waals surface area contributed by atoms with Gasteiger partial charge in [-0.05, 0) is 32.4 Å². The summed E-state index contributed by atoms with van der Waals surface area (Å²) >= 11 is 0. The molecule has 0 atom stereocenters. The molecule has 6 heteroatoms. The Hall–Kier alpha value is -2.11. The second-order valence-electron chi connectivity index (χ2n) is 5.22. The van der Waals surface area contributed by atoms with Crippen LogP contribution in [0.1, 0.15) is 43.2 Å². The molecular weight excluding hydrogens is 258 g/mol. The lowest BCUT2D eigenvalue weighted by Gasteiger charge is -2.34. The van der Waals surface area contributed by atoms with Crippen LogP contribution in [-0.4, -0.2) is 39.6 Å². The van der Waals surface area contributed by atoms with Crippen molar-refractivity contribution in [3.63, 3.8) is 0 Å². The zero-order valence-corrected chi connectivity index (χ0v) is 12.3. The first-order valence-corrected chi connectivity index (χ1v) is 6.48. The van der Waals surface area contributed by atoms with Gasteiger partial charge >= 0.3 is 12.0 Å². The summed E-state index contributed by atoms with van der Waals surface area (Å²) in [5.41, 5.74) is 0.438. The smallest absolute Gasteiger partial charge is 0.335 e. The monoisotopic (exact) mass is 279 g/mol. The highest BCUT2D eigenvalue weighted by Gasteiger charge is 2.25. The maximum absolute atomic E-state index is 12.0. The lowest BCUT2D eigenvalue weighted by Crippen LogP contribution is -2.49. The Labute approximate surface area is 118 Å². The van der Waals surface area contributed by atoms with Gasteiger partial charge in [-0.3, -0.25) is 4.98 Å². The van der Waals surface area contributed by atoms with Crippen molar-refractivity contribution in [3.05, 3.63) is 29.6 Å². The quantitative estimate of drug-likeness (QED) is 0.864. The van der Waals surface area contributed by atoms with Crippen LogP contribution in [0.4, 0.5) is 4.79 Å². The van der Waals surface area contributed by atoms with Gasteiger partial charge in [-0.2, -0.15) is 0 Å². The van der Waals surface area contributed by atoms with E-state index in [-0.39, 0.29) is 23.7 Å². The van der Waals surface area contributed by atoms with Gasteiger partial charge in [-0.25, -0.2) is 9.59 Å². The number of rotatable bonds is 5. The van der Waals surface area contributed by atoms with E-state index in [2.05, 4.69) is 10.3 Å².